The van der Waals surface area contributed by atoms with Gasteiger partial charge in [0.1, 0.15) is 17.9 Å². The third kappa shape index (κ3) is 4.15. The molecular weight excluding hydrogens is 196 g/mol. The van der Waals surface area contributed by atoms with E-state index in [1.165, 1.54) is 13.8 Å². The number of esters is 1. The second kappa shape index (κ2) is 6.44. The summed E-state index contributed by atoms with van der Waals surface area (Å²) in [6.45, 7) is 5.02. The highest BCUT2D eigenvalue weighted by Crippen LogP contribution is 2.08. The number of carbonyl (C=O) groups is 1. The van der Waals surface area contributed by atoms with Gasteiger partial charge in [0.2, 0.25) is 0 Å². The summed E-state index contributed by atoms with van der Waals surface area (Å²) in [7, 11) is 0. The van der Waals surface area contributed by atoms with Gasteiger partial charge in [-0.25, -0.2) is 4.79 Å². The van der Waals surface area contributed by atoms with Gasteiger partial charge in [0.25, 0.3) is 0 Å². The molecule has 0 rings (SSSR count). The summed E-state index contributed by atoms with van der Waals surface area (Å²) in [6, 6.07) is 3.42. The number of allylic oxidation sites excluding steroid dienone is 1. The Balaban J connectivity index is 4.72. The van der Waals surface area contributed by atoms with Gasteiger partial charge in [0.05, 0.1) is 6.61 Å². The molecule has 0 radical (unpaired) electrons. The van der Waals surface area contributed by atoms with Gasteiger partial charge in [0, 0.05) is 0 Å². The van der Waals surface area contributed by atoms with Gasteiger partial charge >= 0.3 is 5.97 Å². The van der Waals surface area contributed by atoms with Crippen molar-refractivity contribution in [2.24, 2.45) is 0 Å². The Bertz CT molecular complexity index is 347. The molecule has 0 saturated heterocycles. The lowest BCUT2D eigenvalue weighted by Crippen LogP contribution is -2.15. The molecule has 0 aromatic carbocycles. The van der Waals surface area contributed by atoms with E-state index in [-0.39, 0.29) is 11.3 Å². The van der Waals surface area contributed by atoms with Gasteiger partial charge in [-0.1, -0.05) is 0 Å². The first-order valence-corrected chi connectivity index (χ1v) is 4.41. The number of rotatable bonds is 4. The van der Waals surface area contributed by atoms with Crippen molar-refractivity contribution in [2.75, 3.05) is 6.61 Å². The van der Waals surface area contributed by atoms with Gasteiger partial charge in [-0.05, 0) is 20.8 Å². The molecule has 0 N–H and O–H groups in total. The molecule has 80 valence electrons. The summed E-state index contributed by atoms with van der Waals surface area (Å²) in [5.74, 6) is -0.632. The van der Waals surface area contributed by atoms with Gasteiger partial charge in [-0.2, -0.15) is 10.5 Å². The average molecular weight is 208 g/mol. The molecule has 0 bridgehead atoms. The Hall–Kier alpha value is -2.01. The standard InChI is InChI=1S/C10H12N2O3/c1-4-14-8(3)9(6-12)10(13)15-7(2)5-11/h7H,4H2,1-3H3/b9-8-. The van der Waals surface area contributed by atoms with E-state index < -0.39 is 12.1 Å². The fourth-order valence-corrected chi connectivity index (χ4v) is 0.803. The quantitative estimate of drug-likeness (QED) is 0.300. The van der Waals surface area contributed by atoms with Crippen LogP contribution in [0.5, 0.6) is 0 Å². The van der Waals surface area contributed by atoms with Gasteiger partial charge in [-0.3, -0.25) is 0 Å². The number of hydrogen-bond donors (Lipinski definition) is 0. The highest BCUT2D eigenvalue weighted by molar-refractivity contribution is 5.93. The predicted molar refractivity (Wildman–Crippen MR) is 51.1 cm³/mol. The van der Waals surface area contributed by atoms with Crippen molar-refractivity contribution in [1.29, 1.82) is 10.5 Å². The molecule has 1 unspecified atom stereocenters. The van der Waals surface area contributed by atoms with Crippen molar-refractivity contribution in [2.45, 2.75) is 26.9 Å². The van der Waals surface area contributed by atoms with Crippen LogP contribution in [0.15, 0.2) is 11.3 Å². The van der Waals surface area contributed by atoms with Crippen LogP contribution in [0.4, 0.5) is 0 Å². The van der Waals surface area contributed by atoms with Crippen LogP contribution in [-0.2, 0) is 14.3 Å². The summed E-state index contributed by atoms with van der Waals surface area (Å²) in [5, 5.41) is 17.1. The molecule has 0 spiro atoms. The minimum absolute atomic E-state index is 0.204. The molecule has 1 atom stereocenters. The molecule has 0 fully saturated rings. The first-order chi connectivity index (χ1) is 7.06. The lowest BCUT2D eigenvalue weighted by atomic mass is 10.2. The van der Waals surface area contributed by atoms with Crippen LogP contribution >= 0.6 is 0 Å². The second-order valence-electron chi connectivity index (χ2n) is 2.65. The molecule has 0 aromatic rings. The molecule has 0 aliphatic heterocycles. The van der Waals surface area contributed by atoms with Gasteiger partial charge in [0.15, 0.2) is 11.7 Å². The van der Waals surface area contributed by atoms with Crippen LogP contribution in [0.2, 0.25) is 0 Å². The molecule has 0 saturated carbocycles. The number of nitrogens with zero attached hydrogens (tertiary/aromatic N) is 2. The highest BCUT2D eigenvalue weighted by Gasteiger charge is 2.17. The first kappa shape index (κ1) is 13.0. The van der Waals surface area contributed by atoms with Crippen molar-refractivity contribution < 1.29 is 14.3 Å². The van der Waals surface area contributed by atoms with Crippen LogP contribution in [0.3, 0.4) is 0 Å². The zero-order valence-electron chi connectivity index (χ0n) is 8.90. The zero-order valence-corrected chi connectivity index (χ0v) is 8.90. The fraction of sp³-hybridized carbons (Fsp3) is 0.500. The lowest BCUT2D eigenvalue weighted by Gasteiger charge is -2.07. The molecule has 5 heteroatoms. The van der Waals surface area contributed by atoms with E-state index in [9.17, 15) is 4.79 Å². The number of hydrogen-bond acceptors (Lipinski definition) is 5. The minimum atomic E-state index is -0.879. The van der Waals surface area contributed by atoms with Crippen molar-refractivity contribution in [3.8, 4) is 12.1 Å². The first-order valence-electron chi connectivity index (χ1n) is 4.41. The van der Waals surface area contributed by atoms with Gasteiger partial charge < -0.3 is 9.47 Å². The minimum Gasteiger partial charge on any atom is -0.497 e. The third-order valence-corrected chi connectivity index (χ3v) is 1.49. The summed E-state index contributed by atoms with van der Waals surface area (Å²) < 4.78 is 9.66. The number of ether oxygens (including phenoxy) is 2. The summed E-state index contributed by atoms with van der Waals surface area (Å²) in [5.41, 5.74) is -0.209. The van der Waals surface area contributed by atoms with E-state index in [0.29, 0.717) is 6.61 Å². The Morgan fingerprint density at radius 3 is 2.47 bits per heavy atom. The average Bonchev–Trinajstić information content (AvgIpc) is 2.19. The Morgan fingerprint density at radius 1 is 1.47 bits per heavy atom. The molecule has 0 aliphatic carbocycles. The summed E-state index contributed by atoms with van der Waals surface area (Å²) >= 11 is 0. The predicted octanol–water partition coefficient (Wildman–Crippen LogP) is 1.28. The van der Waals surface area contributed by atoms with E-state index in [0.717, 1.165) is 0 Å². The molecule has 0 amide bonds. The van der Waals surface area contributed by atoms with Crippen LogP contribution in [0.25, 0.3) is 0 Å². The Labute approximate surface area is 88.5 Å². The van der Waals surface area contributed by atoms with Crippen molar-refractivity contribution in [3.63, 3.8) is 0 Å². The third-order valence-electron chi connectivity index (χ3n) is 1.49. The zero-order chi connectivity index (χ0) is 11.8. The van der Waals surface area contributed by atoms with Crippen LogP contribution < -0.4 is 0 Å². The summed E-state index contributed by atoms with van der Waals surface area (Å²) in [4.78, 5) is 11.3. The molecule has 15 heavy (non-hydrogen) atoms. The SMILES string of the molecule is CCO/C(C)=C(/C#N)C(=O)OC(C)C#N. The van der Waals surface area contributed by atoms with Crippen molar-refractivity contribution in [1.82, 2.24) is 0 Å². The van der Waals surface area contributed by atoms with E-state index in [2.05, 4.69) is 4.74 Å². The lowest BCUT2D eigenvalue weighted by molar-refractivity contribution is -0.140. The molecule has 0 heterocycles. The molecular formula is C10H12N2O3. The van der Waals surface area contributed by atoms with Crippen molar-refractivity contribution >= 4 is 5.97 Å². The maximum absolute atomic E-state index is 11.3. The van der Waals surface area contributed by atoms with Crippen molar-refractivity contribution in [3.05, 3.63) is 11.3 Å². The van der Waals surface area contributed by atoms with Crippen LogP contribution in [0.1, 0.15) is 20.8 Å². The van der Waals surface area contributed by atoms with Crippen LogP contribution in [0, 0.1) is 22.7 Å². The summed E-state index contributed by atoms with van der Waals surface area (Å²) in [6.07, 6.45) is -0.879. The molecule has 5 nitrogen and oxygen atoms in total. The van der Waals surface area contributed by atoms with Crippen LogP contribution in [-0.4, -0.2) is 18.7 Å². The second-order valence-corrected chi connectivity index (χ2v) is 2.65. The molecule has 0 aromatic heterocycles. The fourth-order valence-electron chi connectivity index (χ4n) is 0.803. The van der Waals surface area contributed by atoms with E-state index in [4.69, 9.17) is 15.3 Å². The highest BCUT2D eigenvalue weighted by atomic mass is 16.5. The Kier molecular flexibility index (Phi) is 5.58. The Morgan fingerprint density at radius 2 is 2.07 bits per heavy atom. The molecule has 0 aliphatic rings. The maximum Gasteiger partial charge on any atom is 0.353 e. The monoisotopic (exact) mass is 208 g/mol. The van der Waals surface area contributed by atoms with E-state index >= 15 is 0 Å². The smallest absolute Gasteiger partial charge is 0.353 e. The van der Waals surface area contributed by atoms with E-state index in [1.807, 2.05) is 0 Å². The topological polar surface area (TPSA) is 83.1 Å². The normalized spacial score (nSPS) is 12.9. The maximum atomic E-state index is 11.3. The van der Waals surface area contributed by atoms with Gasteiger partial charge in [-0.15, -0.1) is 0 Å². The largest absolute Gasteiger partial charge is 0.497 e. The van der Waals surface area contributed by atoms with E-state index in [1.54, 1.807) is 19.1 Å². The number of nitriles is 2. The number of carbonyl (C=O) groups excluding carboxylic acids is 1.